The maximum absolute atomic E-state index is 12.5. The van der Waals surface area contributed by atoms with E-state index < -0.39 is 23.9 Å². The molecule has 2 amide bonds. The van der Waals surface area contributed by atoms with E-state index in [1.165, 1.54) is 0 Å². The largest absolute Gasteiger partial charge is 0.481 e. The molecule has 0 aromatic heterocycles. The fourth-order valence-corrected chi connectivity index (χ4v) is 4.31. The summed E-state index contributed by atoms with van der Waals surface area (Å²) in [5.41, 5.74) is 4.59. The minimum absolute atomic E-state index is 0.0278. The Morgan fingerprint density at radius 2 is 1.48 bits per heavy atom. The third-order valence-electron chi connectivity index (χ3n) is 6.21. The molecule has 3 rings (SSSR count). The molecule has 0 heterocycles. The van der Waals surface area contributed by atoms with Crippen molar-refractivity contribution in [3.05, 3.63) is 59.7 Å². The molecule has 7 nitrogen and oxygen atoms in total. The molecule has 0 saturated carbocycles. The quantitative estimate of drug-likeness (QED) is 0.475. The predicted molar refractivity (Wildman–Crippen MR) is 126 cm³/mol. The lowest BCUT2D eigenvalue weighted by Gasteiger charge is -2.19. The zero-order chi connectivity index (χ0) is 23.8. The van der Waals surface area contributed by atoms with Crippen LogP contribution < -0.4 is 10.6 Å². The Bertz CT molecular complexity index is 945. The normalized spacial score (nSPS) is 14.0. The Morgan fingerprint density at radius 1 is 0.909 bits per heavy atom. The van der Waals surface area contributed by atoms with Gasteiger partial charge in [0, 0.05) is 19.0 Å². The topological polar surface area (TPSA) is 105 Å². The summed E-state index contributed by atoms with van der Waals surface area (Å²) in [7, 11) is 0. The van der Waals surface area contributed by atoms with Crippen LogP contribution in [0.25, 0.3) is 11.1 Å². The molecule has 0 fully saturated rings. The van der Waals surface area contributed by atoms with Gasteiger partial charge in [0.25, 0.3) is 0 Å². The molecule has 176 valence electrons. The summed E-state index contributed by atoms with van der Waals surface area (Å²) in [4.78, 5) is 36.1. The van der Waals surface area contributed by atoms with Crippen LogP contribution in [0.15, 0.2) is 48.5 Å². The average molecular weight is 453 g/mol. The molecule has 0 bridgehead atoms. The number of fused-ring (bicyclic) bond motifs is 3. The first-order valence-corrected chi connectivity index (χ1v) is 11.6. The van der Waals surface area contributed by atoms with Gasteiger partial charge in [0.05, 0.1) is 11.8 Å². The first-order chi connectivity index (χ1) is 16.0. The Hall–Kier alpha value is -3.35. The number of carboxylic acids is 1. The van der Waals surface area contributed by atoms with Gasteiger partial charge < -0.3 is 20.5 Å². The van der Waals surface area contributed by atoms with Crippen molar-refractivity contribution in [3.63, 3.8) is 0 Å². The average Bonchev–Trinajstić information content (AvgIpc) is 3.14. The van der Waals surface area contributed by atoms with Gasteiger partial charge in [-0.3, -0.25) is 9.59 Å². The van der Waals surface area contributed by atoms with Crippen molar-refractivity contribution >= 4 is 18.0 Å². The summed E-state index contributed by atoms with van der Waals surface area (Å²) in [5, 5.41) is 14.6. The third-order valence-corrected chi connectivity index (χ3v) is 6.21. The predicted octanol–water partition coefficient (Wildman–Crippen LogP) is 4.17. The lowest BCUT2D eigenvalue weighted by Crippen LogP contribution is -2.41. The summed E-state index contributed by atoms with van der Waals surface area (Å²) in [6.45, 7) is 4.18. The van der Waals surface area contributed by atoms with E-state index in [2.05, 4.69) is 34.9 Å². The summed E-state index contributed by atoms with van der Waals surface area (Å²) in [5.74, 6) is -2.27. The standard InChI is InChI=1S/C26H32N2O5/c1-3-9-18(25(30)31)15-27-24(29)17(4-2)14-28-26(32)33-16-23-21-12-7-5-10-19(21)20-11-6-8-13-22(20)23/h5-8,10-13,17-18,23H,3-4,9,14-16H2,1-2H3,(H,27,29)(H,28,32)(H,30,31). The summed E-state index contributed by atoms with van der Waals surface area (Å²) in [6, 6.07) is 16.2. The van der Waals surface area contributed by atoms with Crippen molar-refractivity contribution in [2.45, 2.75) is 39.0 Å². The second-order valence-corrected chi connectivity index (χ2v) is 8.38. The van der Waals surface area contributed by atoms with Gasteiger partial charge in [-0.2, -0.15) is 0 Å². The molecule has 0 saturated heterocycles. The van der Waals surface area contributed by atoms with Gasteiger partial charge in [-0.1, -0.05) is 68.8 Å². The molecule has 0 aliphatic heterocycles. The van der Waals surface area contributed by atoms with Crippen LogP contribution in [-0.2, 0) is 14.3 Å². The van der Waals surface area contributed by atoms with Gasteiger partial charge in [-0.25, -0.2) is 4.79 Å². The maximum Gasteiger partial charge on any atom is 0.407 e. The fourth-order valence-electron chi connectivity index (χ4n) is 4.31. The van der Waals surface area contributed by atoms with E-state index in [1.54, 1.807) is 0 Å². The van der Waals surface area contributed by atoms with Crippen LogP contribution in [-0.4, -0.2) is 42.8 Å². The van der Waals surface area contributed by atoms with Crippen LogP contribution in [0.3, 0.4) is 0 Å². The van der Waals surface area contributed by atoms with Gasteiger partial charge in [0.2, 0.25) is 5.91 Å². The Kier molecular flexibility index (Phi) is 8.46. The van der Waals surface area contributed by atoms with Crippen LogP contribution in [0.4, 0.5) is 4.79 Å². The second kappa shape index (κ2) is 11.5. The van der Waals surface area contributed by atoms with Gasteiger partial charge in [0.1, 0.15) is 6.61 Å². The molecule has 2 aromatic carbocycles. The van der Waals surface area contributed by atoms with Crippen LogP contribution >= 0.6 is 0 Å². The summed E-state index contributed by atoms with van der Waals surface area (Å²) in [6.07, 6.45) is 1.18. The molecule has 2 aromatic rings. The molecular formula is C26H32N2O5. The van der Waals surface area contributed by atoms with E-state index in [-0.39, 0.29) is 31.5 Å². The molecule has 1 aliphatic rings. The first kappa shape index (κ1) is 24.3. The van der Waals surface area contributed by atoms with Crippen LogP contribution in [0.2, 0.25) is 0 Å². The number of amides is 2. The molecule has 0 spiro atoms. The Balaban J connectivity index is 1.51. The highest BCUT2D eigenvalue weighted by molar-refractivity contribution is 5.81. The molecular weight excluding hydrogens is 420 g/mol. The maximum atomic E-state index is 12.5. The Labute approximate surface area is 194 Å². The van der Waals surface area contributed by atoms with E-state index in [9.17, 15) is 19.5 Å². The Morgan fingerprint density at radius 3 is 2.03 bits per heavy atom. The number of carboxylic acid groups (broad SMARTS) is 1. The number of carbonyl (C=O) groups is 3. The van der Waals surface area contributed by atoms with Crippen molar-refractivity contribution in [1.29, 1.82) is 0 Å². The lowest BCUT2D eigenvalue weighted by molar-refractivity contribution is -0.142. The summed E-state index contributed by atoms with van der Waals surface area (Å²) >= 11 is 0. The number of rotatable bonds is 11. The smallest absolute Gasteiger partial charge is 0.407 e. The van der Waals surface area contributed by atoms with Gasteiger partial charge >= 0.3 is 12.1 Å². The van der Waals surface area contributed by atoms with Crippen LogP contribution in [0, 0.1) is 11.8 Å². The van der Waals surface area contributed by atoms with E-state index in [0.717, 1.165) is 28.7 Å². The van der Waals surface area contributed by atoms with E-state index in [4.69, 9.17) is 4.74 Å². The highest BCUT2D eigenvalue weighted by Gasteiger charge is 2.29. The van der Waals surface area contributed by atoms with Crippen molar-refractivity contribution < 1.29 is 24.2 Å². The highest BCUT2D eigenvalue weighted by Crippen LogP contribution is 2.44. The number of benzene rings is 2. The van der Waals surface area contributed by atoms with Gasteiger partial charge in [0.15, 0.2) is 0 Å². The van der Waals surface area contributed by atoms with E-state index in [1.807, 2.05) is 38.1 Å². The number of nitrogens with one attached hydrogen (secondary N) is 2. The molecule has 7 heteroatoms. The van der Waals surface area contributed by atoms with Crippen LogP contribution in [0.5, 0.6) is 0 Å². The SMILES string of the molecule is CCCC(CNC(=O)C(CC)CNC(=O)OCC1c2ccccc2-c2ccccc21)C(=O)O. The monoisotopic (exact) mass is 452 g/mol. The van der Waals surface area contributed by atoms with Crippen molar-refractivity contribution in [1.82, 2.24) is 10.6 Å². The molecule has 0 radical (unpaired) electrons. The first-order valence-electron chi connectivity index (χ1n) is 11.6. The van der Waals surface area contributed by atoms with Crippen molar-refractivity contribution in [2.75, 3.05) is 19.7 Å². The third kappa shape index (κ3) is 5.92. The molecule has 2 unspecified atom stereocenters. The van der Waals surface area contributed by atoms with E-state index in [0.29, 0.717) is 12.8 Å². The van der Waals surface area contributed by atoms with Gasteiger partial charge in [-0.15, -0.1) is 0 Å². The minimum atomic E-state index is -0.915. The molecule has 3 N–H and O–H groups in total. The zero-order valence-electron chi connectivity index (χ0n) is 19.2. The molecule has 1 aliphatic carbocycles. The number of aliphatic carboxylic acids is 1. The highest BCUT2D eigenvalue weighted by atomic mass is 16.5. The zero-order valence-corrected chi connectivity index (χ0v) is 19.2. The molecule has 2 atom stereocenters. The number of alkyl carbamates (subject to hydrolysis) is 1. The second-order valence-electron chi connectivity index (χ2n) is 8.38. The number of hydrogen-bond acceptors (Lipinski definition) is 4. The molecule has 33 heavy (non-hydrogen) atoms. The number of hydrogen-bond donors (Lipinski definition) is 3. The minimum Gasteiger partial charge on any atom is -0.481 e. The lowest BCUT2D eigenvalue weighted by atomic mass is 9.98. The van der Waals surface area contributed by atoms with Gasteiger partial charge in [-0.05, 0) is 35.1 Å². The summed E-state index contributed by atoms with van der Waals surface area (Å²) < 4.78 is 5.52. The fraction of sp³-hybridized carbons (Fsp3) is 0.423. The van der Waals surface area contributed by atoms with Crippen molar-refractivity contribution in [2.24, 2.45) is 11.8 Å². The van der Waals surface area contributed by atoms with Crippen LogP contribution in [0.1, 0.15) is 50.2 Å². The number of carbonyl (C=O) groups excluding carboxylic acids is 2. The number of ether oxygens (including phenoxy) is 1. The van der Waals surface area contributed by atoms with E-state index >= 15 is 0 Å². The van der Waals surface area contributed by atoms with Crippen molar-refractivity contribution in [3.8, 4) is 11.1 Å².